The summed E-state index contributed by atoms with van der Waals surface area (Å²) in [7, 11) is 0. The maximum absolute atomic E-state index is 4.77. The minimum absolute atomic E-state index is 0.583. The summed E-state index contributed by atoms with van der Waals surface area (Å²) in [6.45, 7) is 5.55. The Balaban J connectivity index is 1.65. The molecule has 1 atom stereocenters. The zero-order valence-electron chi connectivity index (χ0n) is 11.4. The van der Waals surface area contributed by atoms with Gasteiger partial charge in [0, 0.05) is 23.9 Å². The molecule has 0 aromatic carbocycles. The van der Waals surface area contributed by atoms with E-state index in [0.717, 1.165) is 31.1 Å². The molecule has 1 aromatic heterocycles. The van der Waals surface area contributed by atoms with Crippen LogP contribution in [0, 0.1) is 5.92 Å². The van der Waals surface area contributed by atoms with Gasteiger partial charge >= 0.3 is 0 Å². The van der Waals surface area contributed by atoms with Gasteiger partial charge in [-0.3, -0.25) is 0 Å². The van der Waals surface area contributed by atoms with Crippen molar-refractivity contribution in [2.45, 2.75) is 57.9 Å². The van der Waals surface area contributed by atoms with Crippen LogP contribution in [0.2, 0.25) is 0 Å². The van der Waals surface area contributed by atoms with Crippen molar-refractivity contribution >= 4 is 0 Å². The van der Waals surface area contributed by atoms with Crippen LogP contribution in [0.3, 0.4) is 0 Å². The van der Waals surface area contributed by atoms with Gasteiger partial charge in [-0.2, -0.15) is 0 Å². The third-order valence-electron chi connectivity index (χ3n) is 4.03. The lowest BCUT2D eigenvalue weighted by atomic mass is 9.87. The predicted molar refractivity (Wildman–Crippen MR) is 72.7 cm³/mol. The van der Waals surface area contributed by atoms with Crippen LogP contribution < -0.4 is 5.32 Å². The zero-order chi connectivity index (χ0) is 12.5. The molecule has 0 saturated heterocycles. The van der Waals surface area contributed by atoms with Crippen LogP contribution in [0.25, 0.3) is 0 Å². The van der Waals surface area contributed by atoms with E-state index in [9.17, 15) is 0 Å². The van der Waals surface area contributed by atoms with Crippen molar-refractivity contribution in [3.63, 3.8) is 0 Å². The molecule has 0 spiro atoms. The highest BCUT2D eigenvalue weighted by molar-refractivity contribution is 5.23. The molecule has 0 bridgehead atoms. The molecule has 0 aliphatic heterocycles. The molecular weight excluding hydrogens is 222 g/mol. The van der Waals surface area contributed by atoms with Crippen LogP contribution in [0.1, 0.15) is 56.1 Å². The summed E-state index contributed by atoms with van der Waals surface area (Å²) in [5.74, 6) is 2.54. The van der Waals surface area contributed by atoms with E-state index in [2.05, 4.69) is 30.3 Å². The summed E-state index contributed by atoms with van der Waals surface area (Å²) in [6, 6.07) is 0.583. The number of fused-ring (bicyclic) bond motifs is 1. The second-order valence-electron chi connectivity index (χ2n) is 6.15. The molecule has 0 amide bonds. The maximum atomic E-state index is 4.77. The zero-order valence-corrected chi connectivity index (χ0v) is 11.4. The molecule has 1 unspecified atom stereocenters. The first-order valence-electron chi connectivity index (χ1n) is 7.30. The normalized spacial score (nSPS) is 23.2. The molecule has 1 N–H and O–H groups in total. The molecule has 18 heavy (non-hydrogen) atoms. The van der Waals surface area contributed by atoms with Crippen molar-refractivity contribution in [3.05, 3.63) is 23.3 Å². The van der Waals surface area contributed by atoms with Gasteiger partial charge in [0.15, 0.2) is 0 Å². The molecule has 3 nitrogen and oxygen atoms in total. The number of nitrogens with zero attached hydrogens (tertiary/aromatic N) is 2. The first-order chi connectivity index (χ1) is 8.72. The second kappa shape index (κ2) is 4.96. The quantitative estimate of drug-likeness (QED) is 0.885. The monoisotopic (exact) mass is 245 g/mol. The van der Waals surface area contributed by atoms with Crippen molar-refractivity contribution in [1.82, 2.24) is 15.3 Å². The minimum atomic E-state index is 0.583. The van der Waals surface area contributed by atoms with Crippen molar-refractivity contribution in [2.24, 2.45) is 5.92 Å². The molecular formula is C15H23N3. The average molecular weight is 245 g/mol. The highest BCUT2D eigenvalue weighted by atomic mass is 14.9. The van der Waals surface area contributed by atoms with Crippen LogP contribution in [0.4, 0.5) is 0 Å². The van der Waals surface area contributed by atoms with E-state index in [1.54, 1.807) is 0 Å². The molecule has 1 fully saturated rings. The van der Waals surface area contributed by atoms with Crippen LogP contribution in [0.15, 0.2) is 6.20 Å². The predicted octanol–water partition coefficient (Wildman–Crippen LogP) is 2.46. The van der Waals surface area contributed by atoms with E-state index < -0.39 is 0 Å². The van der Waals surface area contributed by atoms with Gasteiger partial charge in [-0.05, 0) is 50.1 Å². The van der Waals surface area contributed by atoms with Gasteiger partial charge in [-0.15, -0.1) is 0 Å². The Bertz CT molecular complexity index is 424. The summed E-state index contributed by atoms with van der Waals surface area (Å²) in [6.07, 6.45) is 8.24. The molecule has 98 valence electrons. The van der Waals surface area contributed by atoms with Crippen LogP contribution in [-0.4, -0.2) is 22.6 Å². The lowest BCUT2D eigenvalue weighted by molar-refractivity contribution is 0.402. The molecule has 1 aromatic rings. The Morgan fingerprint density at radius 2 is 2.17 bits per heavy atom. The Kier molecular flexibility index (Phi) is 3.33. The van der Waals surface area contributed by atoms with E-state index in [4.69, 9.17) is 4.98 Å². The fourth-order valence-electron chi connectivity index (χ4n) is 2.71. The summed E-state index contributed by atoms with van der Waals surface area (Å²) in [5, 5.41) is 3.54. The summed E-state index contributed by atoms with van der Waals surface area (Å²) in [5.41, 5.74) is 2.72. The first kappa shape index (κ1) is 12.1. The van der Waals surface area contributed by atoms with E-state index in [1.807, 2.05) is 0 Å². The third kappa shape index (κ3) is 2.72. The Morgan fingerprint density at radius 1 is 1.33 bits per heavy atom. The van der Waals surface area contributed by atoms with Crippen LogP contribution >= 0.6 is 0 Å². The second-order valence-corrected chi connectivity index (χ2v) is 6.15. The van der Waals surface area contributed by atoms with Gasteiger partial charge < -0.3 is 5.32 Å². The summed E-state index contributed by atoms with van der Waals surface area (Å²) < 4.78 is 0. The van der Waals surface area contributed by atoms with Gasteiger partial charge in [0.05, 0.1) is 0 Å². The van der Waals surface area contributed by atoms with Crippen LogP contribution in [-0.2, 0) is 12.8 Å². The standard InChI is InChI=1S/C15H23N3/c1-10(2)16-8-11-3-6-14-13(7-11)9-17-15(18-14)12-4-5-12/h9-12,16H,3-8H2,1-2H3. The molecule has 1 heterocycles. The fraction of sp³-hybridized carbons (Fsp3) is 0.733. The average Bonchev–Trinajstić information content (AvgIpc) is 3.19. The minimum Gasteiger partial charge on any atom is -0.314 e. The lowest BCUT2D eigenvalue weighted by Crippen LogP contribution is -2.32. The van der Waals surface area contributed by atoms with Gasteiger partial charge in [0.25, 0.3) is 0 Å². The van der Waals surface area contributed by atoms with Gasteiger partial charge in [0.2, 0.25) is 0 Å². The van der Waals surface area contributed by atoms with Crippen molar-refractivity contribution < 1.29 is 0 Å². The van der Waals surface area contributed by atoms with Crippen molar-refractivity contribution in [2.75, 3.05) is 6.54 Å². The number of hydrogen-bond acceptors (Lipinski definition) is 3. The van der Waals surface area contributed by atoms with Gasteiger partial charge in [-0.1, -0.05) is 13.8 Å². The SMILES string of the molecule is CC(C)NCC1CCc2nc(C3CC3)ncc2C1. The molecule has 2 aliphatic carbocycles. The Morgan fingerprint density at radius 3 is 2.89 bits per heavy atom. The third-order valence-corrected chi connectivity index (χ3v) is 4.03. The molecule has 3 rings (SSSR count). The number of hydrogen-bond donors (Lipinski definition) is 1. The first-order valence-corrected chi connectivity index (χ1v) is 7.30. The summed E-state index contributed by atoms with van der Waals surface area (Å²) in [4.78, 5) is 9.33. The molecule has 1 saturated carbocycles. The smallest absolute Gasteiger partial charge is 0.131 e. The molecule has 0 radical (unpaired) electrons. The van der Waals surface area contributed by atoms with E-state index in [1.165, 1.54) is 30.5 Å². The Hall–Kier alpha value is -0.960. The maximum Gasteiger partial charge on any atom is 0.131 e. The van der Waals surface area contributed by atoms with Crippen molar-refractivity contribution in [1.29, 1.82) is 0 Å². The highest BCUT2D eigenvalue weighted by Gasteiger charge is 2.28. The highest BCUT2D eigenvalue weighted by Crippen LogP contribution is 2.38. The van der Waals surface area contributed by atoms with Gasteiger partial charge in [-0.25, -0.2) is 9.97 Å². The Labute approximate surface area is 109 Å². The number of nitrogens with one attached hydrogen (secondary N) is 1. The molecule has 2 aliphatic rings. The molecule has 3 heteroatoms. The fourth-order valence-corrected chi connectivity index (χ4v) is 2.71. The topological polar surface area (TPSA) is 37.8 Å². The number of rotatable bonds is 4. The van der Waals surface area contributed by atoms with E-state index >= 15 is 0 Å². The number of aryl methyl sites for hydroxylation is 1. The summed E-state index contributed by atoms with van der Waals surface area (Å²) >= 11 is 0. The largest absolute Gasteiger partial charge is 0.314 e. The number of aromatic nitrogens is 2. The van der Waals surface area contributed by atoms with Crippen molar-refractivity contribution in [3.8, 4) is 0 Å². The lowest BCUT2D eigenvalue weighted by Gasteiger charge is -2.25. The van der Waals surface area contributed by atoms with Gasteiger partial charge in [0.1, 0.15) is 5.82 Å². The van der Waals surface area contributed by atoms with E-state index in [-0.39, 0.29) is 0 Å². The van der Waals surface area contributed by atoms with E-state index in [0.29, 0.717) is 12.0 Å². The van der Waals surface area contributed by atoms with Crippen LogP contribution in [0.5, 0.6) is 0 Å².